The van der Waals surface area contributed by atoms with Crippen LogP contribution in [-0.2, 0) is 7.05 Å². The third-order valence-corrected chi connectivity index (χ3v) is 3.08. The zero-order valence-electron chi connectivity index (χ0n) is 9.63. The molecule has 0 saturated carbocycles. The first-order valence-electron chi connectivity index (χ1n) is 5.64. The van der Waals surface area contributed by atoms with Crippen LogP contribution >= 0.6 is 0 Å². The number of para-hydroxylation sites is 1. The molecule has 17 heavy (non-hydrogen) atoms. The molecule has 1 aliphatic heterocycles. The van der Waals surface area contributed by atoms with Crippen LogP contribution in [-0.4, -0.2) is 21.4 Å². The number of nitrogens with zero attached hydrogens (tertiary/aromatic N) is 3. The molecule has 1 atom stereocenters. The molecule has 5 heteroatoms. The molecule has 0 bridgehead atoms. The van der Waals surface area contributed by atoms with Gasteiger partial charge in [-0.05, 0) is 12.5 Å². The van der Waals surface area contributed by atoms with E-state index in [0.29, 0.717) is 12.6 Å². The fourth-order valence-electron chi connectivity index (χ4n) is 2.17. The predicted molar refractivity (Wildman–Crippen MR) is 63.8 cm³/mol. The Morgan fingerprint density at radius 3 is 3.00 bits per heavy atom. The average molecular weight is 230 g/mol. The van der Waals surface area contributed by atoms with Gasteiger partial charge < -0.3 is 10.5 Å². The average Bonchev–Trinajstić information content (AvgIpc) is 2.69. The number of nitrogen functional groups attached to an aromatic ring is 1. The molecule has 0 radical (unpaired) electrons. The summed E-state index contributed by atoms with van der Waals surface area (Å²) in [7, 11) is 1.80. The van der Waals surface area contributed by atoms with Crippen LogP contribution in [0.3, 0.4) is 0 Å². The smallest absolute Gasteiger partial charge is 0.218 e. The maximum absolute atomic E-state index is 5.73. The number of hydrogen-bond acceptors (Lipinski definition) is 4. The van der Waals surface area contributed by atoms with E-state index in [1.807, 2.05) is 18.2 Å². The highest BCUT2D eigenvalue weighted by atomic mass is 16.5. The molecular weight excluding hydrogens is 216 g/mol. The van der Waals surface area contributed by atoms with Gasteiger partial charge in [-0.1, -0.05) is 18.2 Å². The van der Waals surface area contributed by atoms with E-state index < -0.39 is 0 Å². The van der Waals surface area contributed by atoms with Crippen molar-refractivity contribution in [2.75, 3.05) is 12.3 Å². The number of anilines is 1. The second kappa shape index (κ2) is 3.76. The Morgan fingerprint density at radius 2 is 2.24 bits per heavy atom. The van der Waals surface area contributed by atoms with Crippen LogP contribution in [0.2, 0.25) is 0 Å². The van der Waals surface area contributed by atoms with Crippen molar-refractivity contribution in [2.24, 2.45) is 7.05 Å². The summed E-state index contributed by atoms with van der Waals surface area (Å²) in [6.07, 6.45) is 0.889. The summed E-state index contributed by atoms with van der Waals surface area (Å²) in [5.41, 5.74) is 6.87. The van der Waals surface area contributed by atoms with Gasteiger partial charge in [0.2, 0.25) is 5.95 Å². The first-order valence-corrected chi connectivity index (χ1v) is 5.64. The lowest BCUT2D eigenvalue weighted by molar-refractivity contribution is 0.274. The number of benzene rings is 1. The lowest BCUT2D eigenvalue weighted by Crippen LogP contribution is -2.16. The van der Waals surface area contributed by atoms with E-state index in [4.69, 9.17) is 10.5 Å². The van der Waals surface area contributed by atoms with Gasteiger partial charge in [-0.15, -0.1) is 0 Å². The molecule has 0 amide bonds. The summed E-state index contributed by atoms with van der Waals surface area (Å²) in [6.45, 7) is 0.694. The lowest BCUT2D eigenvalue weighted by Gasteiger charge is -2.23. The Hall–Kier alpha value is -2.04. The summed E-state index contributed by atoms with van der Waals surface area (Å²) in [5, 5.41) is 4.36. The van der Waals surface area contributed by atoms with Crippen molar-refractivity contribution in [3.05, 3.63) is 35.7 Å². The van der Waals surface area contributed by atoms with Gasteiger partial charge in [-0.3, -0.25) is 0 Å². The van der Waals surface area contributed by atoms with Crippen LogP contribution in [0.4, 0.5) is 5.95 Å². The van der Waals surface area contributed by atoms with Crippen LogP contribution in [0, 0.1) is 0 Å². The summed E-state index contributed by atoms with van der Waals surface area (Å²) in [5.74, 6) is 2.34. The molecule has 3 rings (SSSR count). The van der Waals surface area contributed by atoms with Crippen LogP contribution in [0.25, 0.3) is 0 Å². The number of rotatable bonds is 1. The Labute approximate surface area is 99.2 Å². The van der Waals surface area contributed by atoms with E-state index in [9.17, 15) is 0 Å². The quantitative estimate of drug-likeness (QED) is 0.802. The molecule has 1 aromatic heterocycles. The summed E-state index contributed by atoms with van der Waals surface area (Å²) in [6, 6.07) is 8.02. The van der Waals surface area contributed by atoms with E-state index >= 15 is 0 Å². The molecule has 2 aromatic rings. The SMILES string of the molecule is Cn1nc(C2CCOc3ccccc32)nc1N. The van der Waals surface area contributed by atoms with Gasteiger partial charge >= 0.3 is 0 Å². The van der Waals surface area contributed by atoms with Gasteiger partial charge in [0.15, 0.2) is 5.82 Å². The molecule has 2 heterocycles. The van der Waals surface area contributed by atoms with Gasteiger partial charge in [0.1, 0.15) is 5.75 Å². The topological polar surface area (TPSA) is 66.0 Å². The fraction of sp³-hybridized carbons (Fsp3) is 0.333. The van der Waals surface area contributed by atoms with Crippen molar-refractivity contribution in [2.45, 2.75) is 12.3 Å². The van der Waals surface area contributed by atoms with Crippen molar-refractivity contribution >= 4 is 5.95 Å². The zero-order valence-corrected chi connectivity index (χ0v) is 9.63. The van der Waals surface area contributed by atoms with E-state index in [0.717, 1.165) is 23.6 Å². The van der Waals surface area contributed by atoms with Crippen LogP contribution < -0.4 is 10.5 Å². The number of aryl methyl sites for hydroxylation is 1. The second-order valence-corrected chi connectivity index (χ2v) is 4.18. The third kappa shape index (κ3) is 1.63. The normalized spacial score (nSPS) is 18.5. The molecule has 5 nitrogen and oxygen atoms in total. The van der Waals surface area contributed by atoms with Gasteiger partial charge in [-0.25, -0.2) is 4.68 Å². The summed E-state index contributed by atoms with van der Waals surface area (Å²) in [4.78, 5) is 4.31. The molecule has 0 aliphatic carbocycles. The molecule has 1 unspecified atom stereocenters. The minimum absolute atomic E-state index is 0.184. The Bertz CT molecular complexity index is 530. The van der Waals surface area contributed by atoms with Gasteiger partial charge in [0, 0.05) is 12.6 Å². The molecular formula is C12H14N4O. The molecule has 2 N–H and O–H groups in total. The van der Waals surface area contributed by atoms with Gasteiger partial charge in [-0.2, -0.15) is 10.1 Å². The Balaban J connectivity index is 2.05. The van der Waals surface area contributed by atoms with E-state index in [-0.39, 0.29) is 5.92 Å². The van der Waals surface area contributed by atoms with E-state index in [1.54, 1.807) is 11.7 Å². The van der Waals surface area contributed by atoms with Crippen molar-refractivity contribution in [3.8, 4) is 5.75 Å². The van der Waals surface area contributed by atoms with Crippen molar-refractivity contribution < 1.29 is 4.74 Å². The van der Waals surface area contributed by atoms with Crippen LogP contribution in [0.5, 0.6) is 5.75 Å². The van der Waals surface area contributed by atoms with Crippen molar-refractivity contribution in [1.82, 2.24) is 14.8 Å². The van der Waals surface area contributed by atoms with E-state index in [2.05, 4.69) is 16.1 Å². The zero-order chi connectivity index (χ0) is 11.8. The number of hydrogen-bond donors (Lipinski definition) is 1. The number of aromatic nitrogens is 3. The minimum Gasteiger partial charge on any atom is -0.493 e. The molecule has 0 fully saturated rings. The molecule has 0 spiro atoms. The molecule has 88 valence electrons. The molecule has 1 aromatic carbocycles. The first kappa shape index (κ1) is 10.1. The van der Waals surface area contributed by atoms with Gasteiger partial charge in [0.25, 0.3) is 0 Å². The third-order valence-electron chi connectivity index (χ3n) is 3.08. The monoisotopic (exact) mass is 230 g/mol. The van der Waals surface area contributed by atoms with Crippen molar-refractivity contribution in [3.63, 3.8) is 0 Å². The first-order chi connectivity index (χ1) is 8.25. The maximum atomic E-state index is 5.73. The van der Waals surface area contributed by atoms with Gasteiger partial charge in [0.05, 0.1) is 12.5 Å². The number of fused-ring (bicyclic) bond motifs is 1. The lowest BCUT2D eigenvalue weighted by atomic mass is 9.92. The predicted octanol–water partition coefficient (Wildman–Crippen LogP) is 1.31. The standard InChI is InChI=1S/C12H14N4O/c1-16-12(13)14-11(15-16)9-6-7-17-10-5-3-2-4-8(9)10/h2-5,9H,6-7H2,1H3,(H2,13,14,15). The molecule has 1 aliphatic rings. The maximum Gasteiger partial charge on any atom is 0.218 e. The second-order valence-electron chi connectivity index (χ2n) is 4.18. The van der Waals surface area contributed by atoms with E-state index in [1.165, 1.54) is 0 Å². The highest BCUT2D eigenvalue weighted by Gasteiger charge is 2.26. The summed E-state index contributed by atoms with van der Waals surface area (Å²) < 4.78 is 7.22. The number of ether oxygens (including phenoxy) is 1. The van der Waals surface area contributed by atoms with Crippen molar-refractivity contribution in [1.29, 1.82) is 0 Å². The minimum atomic E-state index is 0.184. The largest absolute Gasteiger partial charge is 0.493 e. The number of nitrogens with two attached hydrogens (primary N) is 1. The fourth-order valence-corrected chi connectivity index (χ4v) is 2.17. The molecule has 0 saturated heterocycles. The Kier molecular flexibility index (Phi) is 2.24. The Morgan fingerprint density at radius 1 is 1.41 bits per heavy atom. The van der Waals surface area contributed by atoms with Crippen LogP contribution in [0.15, 0.2) is 24.3 Å². The highest BCUT2D eigenvalue weighted by Crippen LogP contribution is 2.36. The highest BCUT2D eigenvalue weighted by molar-refractivity contribution is 5.41. The van der Waals surface area contributed by atoms with Crippen LogP contribution in [0.1, 0.15) is 23.7 Å². The summed E-state index contributed by atoms with van der Waals surface area (Å²) >= 11 is 0.